The largest absolute Gasteiger partial charge is 0.433 e. The number of anilines is 2. The van der Waals surface area contributed by atoms with Crippen molar-refractivity contribution in [3.8, 4) is 0 Å². The lowest BCUT2D eigenvalue weighted by atomic mass is 9.99. The summed E-state index contributed by atoms with van der Waals surface area (Å²) < 4.78 is 75.2. The summed E-state index contributed by atoms with van der Waals surface area (Å²) in [5.41, 5.74) is 0.176. The molecule has 0 saturated heterocycles. The van der Waals surface area contributed by atoms with Gasteiger partial charge in [-0.3, -0.25) is 13.7 Å². The van der Waals surface area contributed by atoms with Crippen LogP contribution in [0.25, 0.3) is 0 Å². The molecule has 13 heteroatoms. The Morgan fingerprint density at radius 2 is 1.81 bits per heavy atom. The van der Waals surface area contributed by atoms with Crippen molar-refractivity contribution in [2.45, 2.75) is 32.1 Å². The molecule has 1 aromatic heterocycles. The summed E-state index contributed by atoms with van der Waals surface area (Å²) in [5.74, 6) is -2.16. The van der Waals surface area contributed by atoms with Crippen LogP contribution in [0, 0.1) is 5.82 Å². The molecule has 7 nitrogen and oxygen atoms in total. The highest BCUT2D eigenvalue weighted by Crippen LogP contribution is 2.30. The SMILES string of the molecule is CC(C(=O)NCc1ccc(C(F)(F)F)nc1NCc1ccc(Cl)cc1)c1ccc(N(C)S(=O)O)c(F)c1. The van der Waals surface area contributed by atoms with Gasteiger partial charge in [0.05, 0.1) is 11.6 Å². The zero-order valence-corrected chi connectivity index (χ0v) is 21.2. The summed E-state index contributed by atoms with van der Waals surface area (Å²) in [6.07, 6.45) is -4.65. The first-order valence-electron chi connectivity index (χ1n) is 10.8. The molecule has 0 aliphatic rings. The summed E-state index contributed by atoms with van der Waals surface area (Å²) in [5, 5.41) is 6.03. The molecule has 0 aliphatic heterocycles. The number of alkyl halides is 3. The number of nitrogens with one attached hydrogen (secondary N) is 2. The fraction of sp³-hybridized carbons (Fsp3) is 0.250. The van der Waals surface area contributed by atoms with Gasteiger partial charge in [-0.05, 0) is 48.4 Å². The molecule has 0 aliphatic carbocycles. The Morgan fingerprint density at radius 1 is 1.14 bits per heavy atom. The van der Waals surface area contributed by atoms with Crippen LogP contribution < -0.4 is 14.9 Å². The van der Waals surface area contributed by atoms with Gasteiger partial charge in [-0.2, -0.15) is 13.2 Å². The smallest absolute Gasteiger partial charge is 0.366 e. The van der Waals surface area contributed by atoms with Gasteiger partial charge in [0.1, 0.15) is 17.3 Å². The monoisotopic (exact) mass is 558 g/mol. The molecule has 2 unspecified atom stereocenters. The van der Waals surface area contributed by atoms with Crippen LogP contribution >= 0.6 is 11.6 Å². The van der Waals surface area contributed by atoms with Crippen LogP contribution in [0.1, 0.15) is 35.2 Å². The fourth-order valence-corrected chi connectivity index (χ4v) is 3.79. The van der Waals surface area contributed by atoms with Gasteiger partial charge >= 0.3 is 6.18 Å². The maximum atomic E-state index is 14.4. The standard InChI is InChI=1S/C24H23ClF4N4O3S/c1-14(16-5-9-20(19(26)11-16)33(2)37(35)36)23(34)31-13-17-6-10-21(24(27,28)29)32-22(17)30-12-15-3-7-18(25)8-4-15/h3-11,14H,12-13H2,1-2H3,(H,30,32)(H,31,34)(H,35,36). The lowest BCUT2D eigenvalue weighted by Gasteiger charge is -2.18. The van der Waals surface area contributed by atoms with Gasteiger partial charge in [0.15, 0.2) is 0 Å². The Hall–Kier alpha value is -3.22. The first-order chi connectivity index (χ1) is 17.4. The topological polar surface area (TPSA) is 94.6 Å². The Bertz CT molecular complexity index is 1290. The number of halogens is 5. The normalized spacial score (nSPS) is 13.1. The number of rotatable bonds is 9. The number of pyridine rings is 1. The summed E-state index contributed by atoms with van der Waals surface area (Å²) in [6.45, 7) is 1.56. The molecule has 0 bridgehead atoms. The Balaban J connectivity index is 1.74. The van der Waals surface area contributed by atoms with Gasteiger partial charge in [-0.15, -0.1) is 0 Å². The van der Waals surface area contributed by atoms with E-state index in [4.69, 9.17) is 16.2 Å². The van der Waals surface area contributed by atoms with Gasteiger partial charge in [0, 0.05) is 30.7 Å². The number of amides is 1. The van der Waals surface area contributed by atoms with Crippen molar-refractivity contribution >= 4 is 40.3 Å². The molecule has 198 valence electrons. The minimum absolute atomic E-state index is 0.0480. The minimum Gasteiger partial charge on any atom is -0.366 e. The summed E-state index contributed by atoms with van der Waals surface area (Å²) in [7, 11) is 1.24. The van der Waals surface area contributed by atoms with Gasteiger partial charge in [-0.25, -0.2) is 13.6 Å². The molecule has 3 N–H and O–H groups in total. The van der Waals surface area contributed by atoms with Crippen LogP contribution in [0.5, 0.6) is 0 Å². The van der Waals surface area contributed by atoms with E-state index in [1.165, 1.54) is 32.2 Å². The minimum atomic E-state index is -4.65. The zero-order valence-electron chi connectivity index (χ0n) is 19.6. The predicted molar refractivity (Wildman–Crippen MR) is 134 cm³/mol. The molecule has 37 heavy (non-hydrogen) atoms. The highest BCUT2D eigenvalue weighted by atomic mass is 35.5. The highest BCUT2D eigenvalue weighted by molar-refractivity contribution is 7.80. The molecule has 1 heterocycles. The fourth-order valence-electron chi connectivity index (χ4n) is 3.35. The number of nitrogens with zero attached hydrogens (tertiary/aromatic N) is 2. The average molecular weight is 559 g/mol. The summed E-state index contributed by atoms with van der Waals surface area (Å²) >= 11 is 3.44. The molecule has 2 atom stereocenters. The van der Waals surface area contributed by atoms with E-state index in [1.54, 1.807) is 24.3 Å². The van der Waals surface area contributed by atoms with Crippen LogP contribution in [0.3, 0.4) is 0 Å². The molecular formula is C24H23ClF4N4O3S. The number of hydrogen-bond donors (Lipinski definition) is 3. The number of carbonyl (C=O) groups excluding carboxylic acids is 1. The van der Waals surface area contributed by atoms with Gasteiger partial charge in [0.2, 0.25) is 5.91 Å². The predicted octanol–water partition coefficient (Wildman–Crippen LogP) is 5.50. The van der Waals surface area contributed by atoms with Gasteiger partial charge in [-0.1, -0.05) is 35.9 Å². The van der Waals surface area contributed by atoms with E-state index in [9.17, 15) is 26.6 Å². The first-order valence-corrected chi connectivity index (χ1v) is 12.3. The molecule has 0 fully saturated rings. The molecule has 0 saturated carbocycles. The van der Waals surface area contributed by atoms with Gasteiger partial charge < -0.3 is 10.6 Å². The van der Waals surface area contributed by atoms with E-state index in [0.29, 0.717) is 16.1 Å². The van der Waals surface area contributed by atoms with Crippen molar-refractivity contribution in [1.29, 1.82) is 0 Å². The van der Waals surface area contributed by atoms with Crippen molar-refractivity contribution in [2.24, 2.45) is 0 Å². The third kappa shape index (κ3) is 7.40. The second-order valence-electron chi connectivity index (χ2n) is 8.06. The lowest BCUT2D eigenvalue weighted by Crippen LogP contribution is -2.28. The summed E-state index contributed by atoms with van der Waals surface area (Å²) in [6, 6.07) is 12.6. The quantitative estimate of drug-likeness (QED) is 0.238. The van der Waals surface area contributed by atoms with Crippen molar-refractivity contribution in [2.75, 3.05) is 16.7 Å². The number of aromatic nitrogens is 1. The molecular weight excluding hydrogens is 536 g/mol. The van der Waals surface area contributed by atoms with Crippen LogP contribution in [-0.2, 0) is 35.3 Å². The van der Waals surface area contributed by atoms with E-state index >= 15 is 0 Å². The Morgan fingerprint density at radius 3 is 2.41 bits per heavy atom. The second-order valence-corrected chi connectivity index (χ2v) is 9.51. The number of carbonyl (C=O) groups is 1. The molecule has 3 rings (SSSR count). The zero-order chi connectivity index (χ0) is 27.3. The molecule has 0 spiro atoms. The van der Waals surface area contributed by atoms with Crippen molar-refractivity contribution < 1.29 is 31.1 Å². The maximum Gasteiger partial charge on any atom is 0.433 e. The van der Waals surface area contributed by atoms with E-state index in [2.05, 4.69) is 15.6 Å². The van der Waals surface area contributed by atoms with E-state index in [1.807, 2.05) is 0 Å². The Kier molecular flexibility index (Phi) is 9.11. The second kappa shape index (κ2) is 11.9. The maximum absolute atomic E-state index is 14.4. The molecule has 1 amide bonds. The van der Waals surface area contributed by atoms with E-state index in [-0.39, 0.29) is 24.6 Å². The Labute approximate surface area is 218 Å². The third-order valence-corrected chi connectivity index (χ3v) is 6.45. The van der Waals surface area contributed by atoms with Crippen LogP contribution in [0.4, 0.5) is 29.1 Å². The molecule has 0 radical (unpaired) electrons. The highest BCUT2D eigenvalue weighted by Gasteiger charge is 2.33. The summed E-state index contributed by atoms with van der Waals surface area (Å²) in [4.78, 5) is 16.4. The van der Waals surface area contributed by atoms with Crippen molar-refractivity contribution in [3.05, 3.63) is 87.8 Å². The van der Waals surface area contributed by atoms with E-state index in [0.717, 1.165) is 22.0 Å². The molecule has 3 aromatic rings. The lowest BCUT2D eigenvalue weighted by molar-refractivity contribution is -0.141. The van der Waals surface area contributed by atoms with Crippen LogP contribution in [-0.4, -0.2) is 26.7 Å². The van der Waals surface area contributed by atoms with E-state index < -0.39 is 40.8 Å². The number of hydrogen-bond acceptors (Lipinski definition) is 4. The average Bonchev–Trinajstić information content (AvgIpc) is 2.85. The van der Waals surface area contributed by atoms with Crippen molar-refractivity contribution in [3.63, 3.8) is 0 Å². The number of benzene rings is 2. The van der Waals surface area contributed by atoms with Gasteiger partial charge in [0.25, 0.3) is 11.3 Å². The van der Waals surface area contributed by atoms with Crippen molar-refractivity contribution in [1.82, 2.24) is 10.3 Å². The van der Waals surface area contributed by atoms with Crippen LogP contribution in [0.15, 0.2) is 54.6 Å². The third-order valence-electron chi connectivity index (χ3n) is 5.53. The first kappa shape index (κ1) is 28.4. The van der Waals surface area contributed by atoms with Crippen LogP contribution in [0.2, 0.25) is 5.02 Å². The molecule has 2 aromatic carbocycles.